The van der Waals surface area contributed by atoms with Crippen molar-refractivity contribution >= 4 is 12.1 Å². The topological polar surface area (TPSA) is 55.8 Å². The molecular formula is C16H21NO4. The van der Waals surface area contributed by atoms with Crippen molar-refractivity contribution in [2.45, 2.75) is 45.3 Å². The Morgan fingerprint density at radius 3 is 2.33 bits per heavy atom. The lowest BCUT2D eigenvalue weighted by atomic mass is 10.2. The van der Waals surface area contributed by atoms with Gasteiger partial charge in [0.2, 0.25) is 0 Å². The van der Waals surface area contributed by atoms with E-state index in [1.807, 2.05) is 26.8 Å². The number of benzene rings is 1. The van der Waals surface area contributed by atoms with E-state index in [2.05, 4.69) is 0 Å². The molecule has 2 rings (SSSR count). The molecule has 5 heteroatoms. The molecule has 0 saturated heterocycles. The molecule has 1 fully saturated rings. The first kappa shape index (κ1) is 15.4. The predicted molar refractivity (Wildman–Crippen MR) is 77.8 cm³/mol. The number of carbonyl (C=O) groups excluding carboxylic acids is 2. The van der Waals surface area contributed by atoms with Crippen LogP contribution in [0, 0.1) is 0 Å². The van der Waals surface area contributed by atoms with Crippen LogP contribution in [0.15, 0.2) is 30.3 Å². The molecule has 1 amide bonds. The largest absolute Gasteiger partial charge is 0.444 e. The molecule has 0 bridgehead atoms. The predicted octanol–water partition coefficient (Wildman–Crippen LogP) is 3.20. The zero-order valence-corrected chi connectivity index (χ0v) is 12.7. The van der Waals surface area contributed by atoms with Gasteiger partial charge in [0.15, 0.2) is 6.73 Å². The van der Waals surface area contributed by atoms with Crippen molar-refractivity contribution < 1.29 is 19.1 Å². The average Bonchev–Trinajstić information content (AvgIpc) is 3.22. The maximum absolute atomic E-state index is 12.1. The van der Waals surface area contributed by atoms with Gasteiger partial charge in [-0.05, 0) is 45.7 Å². The zero-order chi connectivity index (χ0) is 15.5. The van der Waals surface area contributed by atoms with E-state index in [4.69, 9.17) is 9.47 Å². The molecule has 1 aliphatic rings. The first-order valence-corrected chi connectivity index (χ1v) is 7.08. The highest BCUT2D eigenvalue weighted by Gasteiger charge is 2.36. The van der Waals surface area contributed by atoms with E-state index in [1.165, 1.54) is 4.90 Å². The van der Waals surface area contributed by atoms with Gasteiger partial charge in [0.25, 0.3) is 0 Å². The van der Waals surface area contributed by atoms with Crippen LogP contribution in [0.3, 0.4) is 0 Å². The van der Waals surface area contributed by atoms with E-state index in [0.29, 0.717) is 5.56 Å². The molecule has 0 unspecified atom stereocenters. The molecule has 1 aromatic rings. The van der Waals surface area contributed by atoms with Crippen LogP contribution < -0.4 is 0 Å². The Kier molecular flexibility index (Phi) is 4.50. The van der Waals surface area contributed by atoms with Gasteiger partial charge in [-0.25, -0.2) is 9.59 Å². The van der Waals surface area contributed by atoms with Crippen LogP contribution >= 0.6 is 0 Å². The van der Waals surface area contributed by atoms with Gasteiger partial charge in [0.1, 0.15) is 5.60 Å². The van der Waals surface area contributed by atoms with Crippen LogP contribution in [0.1, 0.15) is 44.0 Å². The molecule has 0 aliphatic heterocycles. The third kappa shape index (κ3) is 4.77. The van der Waals surface area contributed by atoms with E-state index in [1.54, 1.807) is 24.3 Å². The maximum atomic E-state index is 12.1. The quantitative estimate of drug-likeness (QED) is 0.631. The molecule has 0 N–H and O–H groups in total. The molecular weight excluding hydrogens is 270 g/mol. The van der Waals surface area contributed by atoms with E-state index in [-0.39, 0.29) is 12.8 Å². The van der Waals surface area contributed by atoms with Gasteiger partial charge in [-0.3, -0.25) is 4.90 Å². The number of esters is 1. The fourth-order valence-electron chi connectivity index (χ4n) is 1.80. The van der Waals surface area contributed by atoms with Crippen LogP contribution in [0.2, 0.25) is 0 Å². The Bertz CT molecular complexity index is 503. The molecule has 21 heavy (non-hydrogen) atoms. The van der Waals surface area contributed by atoms with Crippen molar-refractivity contribution in [1.82, 2.24) is 4.90 Å². The standard InChI is InChI=1S/C16H21NO4/c1-16(2,3)21-15(19)17(13-9-10-13)11-20-14(18)12-7-5-4-6-8-12/h4-8,13H,9-11H2,1-3H3. The molecule has 1 aliphatic carbocycles. The van der Waals surface area contributed by atoms with Gasteiger partial charge in [0, 0.05) is 6.04 Å². The monoisotopic (exact) mass is 291 g/mol. The van der Waals surface area contributed by atoms with Crippen molar-refractivity contribution in [2.75, 3.05) is 6.73 Å². The van der Waals surface area contributed by atoms with Gasteiger partial charge in [-0.2, -0.15) is 0 Å². The number of carbonyl (C=O) groups is 2. The summed E-state index contributed by atoms with van der Waals surface area (Å²) in [6, 6.07) is 8.83. The summed E-state index contributed by atoms with van der Waals surface area (Å²) in [4.78, 5) is 25.5. The second-order valence-electron chi connectivity index (χ2n) is 6.11. The van der Waals surface area contributed by atoms with Crippen molar-refractivity contribution in [2.24, 2.45) is 0 Å². The molecule has 0 radical (unpaired) electrons. The summed E-state index contributed by atoms with van der Waals surface area (Å²) in [6.07, 6.45) is 1.40. The molecule has 0 heterocycles. The Morgan fingerprint density at radius 2 is 1.81 bits per heavy atom. The van der Waals surface area contributed by atoms with Gasteiger partial charge in [0.05, 0.1) is 5.56 Å². The number of hydrogen-bond donors (Lipinski definition) is 0. The van der Waals surface area contributed by atoms with E-state index in [0.717, 1.165) is 12.8 Å². The summed E-state index contributed by atoms with van der Waals surface area (Å²) in [5.41, 5.74) is -0.0920. The molecule has 1 saturated carbocycles. The lowest BCUT2D eigenvalue weighted by Crippen LogP contribution is -2.40. The second-order valence-corrected chi connectivity index (χ2v) is 6.11. The van der Waals surface area contributed by atoms with Crippen LogP contribution in [0.25, 0.3) is 0 Å². The Balaban J connectivity index is 1.92. The zero-order valence-electron chi connectivity index (χ0n) is 12.7. The summed E-state index contributed by atoms with van der Waals surface area (Å²) in [6.45, 7) is 5.36. The lowest BCUT2D eigenvalue weighted by Gasteiger charge is -2.26. The summed E-state index contributed by atoms with van der Waals surface area (Å²) >= 11 is 0. The van der Waals surface area contributed by atoms with Crippen LogP contribution in [-0.2, 0) is 9.47 Å². The van der Waals surface area contributed by atoms with E-state index < -0.39 is 17.7 Å². The first-order valence-electron chi connectivity index (χ1n) is 7.08. The van der Waals surface area contributed by atoms with Crippen molar-refractivity contribution in [1.29, 1.82) is 0 Å². The number of rotatable bonds is 4. The molecule has 0 aromatic heterocycles. The fraction of sp³-hybridized carbons (Fsp3) is 0.500. The minimum absolute atomic E-state index is 0.0761. The Morgan fingerprint density at radius 1 is 1.19 bits per heavy atom. The van der Waals surface area contributed by atoms with Crippen molar-refractivity contribution in [3.8, 4) is 0 Å². The number of nitrogens with zero attached hydrogens (tertiary/aromatic N) is 1. The fourth-order valence-corrected chi connectivity index (χ4v) is 1.80. The lowest BCUT2D eigenvalue weighted by molar-refractivity contribution is -0.00885. The molecule has 0 spiro atoms. The van der Waals surface area contributed by atoms with E-state index >= 15 is 0 Å². The van der Waals surface area contributed by atoms with Crippen molar-refractivity contribution in [3.05, 3.63) is 35.9 Å². The minimum Gasteiger partial charge on any atom is -0.444 e. The second kappa shape index (κ2) is 6.16. The SMILES string of the molecule is CC(C)(C)OC(=O)N(COC(=O)c1ccccc1)C1CC1. The molecule has 114 valence electrons. The third-order valence-electron chi connectivity index (χ3n) is 2.96. The van der Waals surface area contributed by atoms with Gasteiger partial charge >= 0.3 is 12.1 Å². The summed E-state index contributed by atoms with van der Waals surface area (Å²) in [5, 5.41) is 0. The smallest absolute Gasteiger partial charge is 0.413 e. The normalized spacial score (nSPS) is 14.4. The third-order valence-corrected chi connectivity index (χ3v) is 2.96. The number of hydrogen-bond acceptors (Lipinski definition) is 4. The van der Waals surface area contributed by atoms with Crippen LogP contribution in [0.4, 0.5) is 4.79 Å². The van der Waals surface area contributed by atoms with Gasteiger partial charge in [-0.15, -0.1) is 0 Å². The highest BCUT2D eigenvalue weighted by Crippen LogP contribution is 2.28. The van der Waals surface area contributed by atoms with E-state index in [9.17, 15) is 9.59 Å². The Hall–Kier alpha value is -2.04. The van der Waals surface area contributed by atoms with Crippen LogP contribution in [0.5, 0.6) is 0 Å². The first-order chi connectivity index (χ1) is 9.87. The molecule has 1 aromatic carbocycles. The highest BCUT2D eigenvalue weighted by atomic mass is 16.6. The summed E-state index contributed by atoms with van der Waals surface area (Å²) < 4.78 is 10.5. The van der Waals surface area contributed by atoms with Gasteiger partial charge in [-0.1, -0.05) is 18.2 Å². The highest BCUT2D eigenvalue weighted by molar-refractivity contribution is 5.89. The number of ether oxygens (including phenoxy) is 2. The average molecular weight is 291 g/mol. The molecule has 0 atom stereocenters. The molecule has 5 nitrogen and oxygen atoms in total. The Labute approximate surface area is 124 Å². The van der Waals surface area contributed by atoms with Crippen LogP contribution in [-0.4, -0.2) is 35.3 Å². The summed E-state index contributed by atoms with van der Waals surface area (Å²) in [5.74, 6) is -0.440. The van der Waals surface area contributed by atoms with Crippen molar-refractivity contribution in [3.63, 3.8) is 0 Å². The maximum Gasteiger partial charge on any atom is 0.413 e. The number of amides is 1. The van der Waals surface area contributed by atoms with Gasteiger partial charge < -0.3 is 9.47 Å². The minimum atomic E-state index is -0.562. The summed E-state index contributed by atoms with van der Waals surface area (Å²) in [7, 11) is 0.